The minimum absolute atomic E-state index is 0.165. The van der Waals surface area contributed by atoms with Gasteiger partial charge in [0.1, 0.15) is 5.75 Å². The van der Waals surface area contributed by atoms with E-state index in [-0.39, 0.29) is 17.6 Å². The lowest BCUT2D eigenvalue weighted by molar-refractivity contribution is -0.274. The zero-order chi connectivity index (χ0) is 16.2. The van der Waals surface area contributed by atoms with Crippen molar-refractivity contribution in [3.05, 3.63) is 29.8 Å². The predicted octanol–water partition coefficient (Wildman–Crippen LogP) is 2.40. The highest BCUT2D eigenvalue weighted by atomic mass is 19.4. The molecule has 2 N–H and O–H groups in total. The van der Waals surface area contributed by atoms with Crippen molar-refractivity contribution in [1.82, 2.24) is 5.32 Å². The molecule has 1 aliphatic carbocycles. The molecule has 4 nitrogen and oxygen atoms in total. The van der Waals surface area contributed by atoms with Crippen molar-refractivity contribution in [1.29, 1.82) is 0 Å². The number of benzene rings is 1. The van der Waals surface area contributed by atoms with Crippen LogP contribution in [0.3, 0.4) is 0 Å². The van der Waals surface area contributed by atoms with Gasteiger partial charge in [0.05, 0.1) is 12.0 Å². The van der Waals surface area contributed by atoms with E-state index in [9.17, 15) is 23.1 Å². The fourth-order valence-electron chi connectivity index (χ4n) is 2.57. The van der Waals surface area contributed by atoms with Crippen LogP contribution in [0.2, 0.25) is 0 Å². The quantitative estimate of drug-likeness (QED) is 0.877. The van der Waals surface area contributed by atoms with Gasteiger partial charge in [-0.2, -0.15) is 0 Å². The first-order valence-corrected chi connectivity index (χ1v) is 7.15. The molecule has 1 aromatic carbocycles. The fourth-order valence-corrected chi connectivity index (χ4v) is 2.57. The molecular weight excluding hydrogens is 299 g/mol. The summed E-state index contributed by atoms with van der Waals surface area (Å²) in [5, 5.41) is 12.4. The topological polar surface area (TPSA) is 58.6 Å². The van der Waals surface area contributed by atoms with E-state index in [0.29, 0.717) is 25.8 Å². The molecule has 1 fully saturated rings. The molecule has 2 atom stereocenters. The van der Waals surface area contributed by atoms with E-state index in [1.807, 2.05) is 0 Å². The first-order chi connectivity index (χ1) is 10.3. The molecule has 1 aliphatic rings. The van der Waals surface area contributed by atoms with Crippen LogP contribution in [0.25, 0.3) is 0 Å². The molecule has 122 valence electrons. The summed E-state index contributed by atoms with van der Waals surface area (Å²) in [4.78, 5) is 11.8. The molecule has 0 radical (unpaired) electrons. The van der Waals surface area contributed by atoms with E-state index >= 15 is 0 Å². The summed E-state index contributed by atoms with van der Waals surface area (Å²) in [6, 6.07) is 5.53. The van der Waals surface area contributed by atoms with Crippen LogP contribution in [-0.4, -0.2) is 30.0 Å². The number of carbonyl (C=O) groups excluding carboxylic acids is 1. The molecule has 22 heavy (non-hydrogen) atoms. The average Bonchev–Trinajstić information content (AvgIpc) is 2.85. The molecule has 0 spiro atoms. The van der Waals surface area contributed by atoms with E-state index in [1.165, 1.54) is 24.3 Å². The second-order valence-electron chi connectivity index (χ2n) is 5.34. The Labute approximate surface area is 126 Å². The van der Waals surface area contributed by atoms with Crippen molar-refractivity contribution in [2.75, 3.05) is 6.54 Å². The van der Waals surface area contributed by atoms with Crippen LogP contribution in [0.5, 0.6) is 5.75 Å². The molecule has 0 heterocycles. The van der Waals surface area contributed by atoms with E-state index in [4.69, 9.17) is 0 Å². The molecule has 7 heteroatoms. The van der Waals surface area contributed by atoms with Crippen molar-refractivity contribution < 1.29 is 27.8 Å². The van der Waals surface area contributed by atoms with Crippen molar-refractivity contribution in [3.8, 4) is 5.75 Å². The van der Waals surface area contributed by atoms with Crippen LogP contribution in [0.4, 0.5) is 13.2 Å². The van der Waals surface area contributed by atoms with Gasteiger partial charge in [0.15, 0.2) is 0 Å². The number of amides is 1. The van der Waals surface area contributed by atoms with Gasteiger partial charge in [-0.3, -0.25) is 4.79 Å². The van der Waals surface area contributed by atoms with E-state index in [0.717, 1.165) is 12.0 Å². The summed E-state index contributed by atoms with van der Waals surface area (Å²) in [5.41, 5.74) is 0.793. The number of aliphatic hydroxyl groups excluding tert-OH is 1. The monoisotopic (exact) mass is 317 g/mol. The third-order valence-corrected chi connectivity index (χ3v) is 3.69. The van der Waals surface area contributed by atoms with Gasteiger partial charge in [0.2, 0.25) is 5.91 Å². The van der Waals surface area contributed by atoms with E-state index < -0.39 is 12.5 Å². The first-order valence-electron chi connectivity index (χ1n) is 7.15. The normalized spacial score (nSPS) is 21.6. The molecule has 2 rings (SSSR count). The maximum atomic E-state index is 12.0. The number of alkyl halides is 3. The highest BCUT2D eigenvalue weighted by Crippen LogP contribution is 2.25. The highest BCUT2D eigenvalue weighted by Gasteiger charge is 2.31. The van der Waals surface area contributed by atoms with Crippen molar-refractivity contribution in [3.63, 3.8) is 0 Å². The van der Waals surface area contributed by atoms with E-state index in [2.05, 4.69) is 10.1 Å². The van der Waals surface area contributed by atoms with Crippen LogP contribution < -0.4 is 10.1 Å². The van der Waals surface area contributed by atoms with Crippen molar-refractivity contribution in [2.45, 2.75) is 38.1 Å². The maximum absolute atomic E-state index is 12.0. The molecule has 1 aromatic rings. The summed E-state index contributed by atoms with van der Waals surface area (Å²) in [6.07, 6.45) is -2.58. The number of hydrogen-bond acceptors (Lipinski definition) is 3. The Morgan fingerprint density at radius 1 is 1.27 bits per heavy atom. The molecule has 0 bridgehead atoms. The minimum Gasteiger partial charge on any atom is -0.406 e. The van der Waals surface area contributed by atoms with Crippen molar-refractivity contribution in [2.24, 2.45) is 5.92 Å². The van der Waals surface area contributed by atoms with Gasteiger partial charge in [-0.25, -0.2) is 0 Å². The largest absolute Gasteiger partial charge is 0.573 e. The summed E-state index contributed by atoms with van der Waals surface area (Å²) in [6.45, 7) is 0.377. The smallest absolute Gasteiger partial charge is 0.406 e. The lowest BCUT2D eigenvalue weighted by Crippen LogP contribution is -2.35. The molecule has 0 aliphatic heterocycles. The molecule has 0 aromatic heterocycles. The number of ether oxygens (including phenoxy) is 1. The Balaban J connectivity index is 1.76. The average molecular weight is 317 g/mol. The minimum atomic E-state index is -4.70. The van der Waals surface area contributed by atoms with Crippen LogP contribution >= 0.6 is 0 Å². The summed E-state index contributed by atoms with van der Waals surface area (Å²) in [7, 11) is 0. The molecule has 0 saturated heterocycles. The standard InChI is InChI=1S/C15H18F3NO3/c16-15(17,18)22-11-6-4-10(5-7-11)8-9-19-14(21)12-2-1-3-13(12)20/h4-7,12-13,20H,1-3,8-9H2,(H,19,21). The van der Waals surface area contributed by atoms with Gasteiger partial charge in [-0.05, 0) is 43.4 Å². The first kappa shape index (κ1) is 16.6. The van der Waals surface area contributed by atoms with Gasteiger partial charge in [-0.1, -0.05) is 12.1 Å². The van der Waals surface area contributed by atoms with Crippen LogP contribution in [-0.2, 0) is 11.2 Å². The molecular formula is C15H18F3NO3. The number of nitrogens with one attached hydrogen (secondary N) is 1. The Hall–Kier alpha value is -1.76. The second-order valence-corrected chi connectivity index (χ2v) is 5.34. The summed E-state index contributed by atoms with van der Waals surface area (Å²) in [5.74, 6) is -0.779. The summed E-state index contributed by atoms with van der Waals surface area (Å²) >= 11 is 0. The lowest BCUT2D eigenvalue weighted by atomic mass is 10.1. The Kier molecular flexibility index (Phi) is 5.28. The van der Waals surface area contributed by atoms with Crippen molar-refractivity contribution >= 4 is 5.91 Å². The van der Waals surface area contributed by atoms with Gasteiger partial charge < -0.3 is 15.2 Å². The van der Waals surface area contributed by atoms with Crippen LogP contribution in [0.1, 0.15) is 24.8 Å². The van der Waals surface area contributed by atoms with Gasteiger partial charge in [-0.15, -0.1) is 13.2 Å². The zero-order valence-corrected chi connectivity index (χ0v) is 11.9. The Bertz CT molecular complexity index is 502. The predicted molar refractivity (Wildman–Crippen MR) is 73.2 cm³/mol. The van der Waals surface area contributed by atoms with Crippen LogP contribution in [0.15, 0.2) is 24.3 Å². The number of carbonyl (C=O) groups is 1. The third-order valence-electron chi connectivity index (χ3n) is 3.69. The van der Waals surface area contributed by atoms with E-state index in [1.54, 1.807) is 0 Å². The Morgan fingerprint density at radius 2 is 1.95 bits per heavy atom. The van der Waals surface area contributed by atoms with Crippen LogP contribution in [0, 0.1) is 5.92 Å². The van der Waals surface area contributed by atoms with Gasteiger partial charge >= 0.3 is 6.36 Å². The van der Waals surface area contributed by atoms with Gasteiger partial charge in [0.25, 0.3) is 0 Å². The molecule has 2 unspecified atom stereocenters. The number of hydrogen-bond donors (Lipinski definition) is 2. The SMILES string of the molecule is O=C(NCCc1ccc(OC(F)(F)F)cc1)C1CCCC1O. The molecule has 1 amide bonds. The highest BCUT2D eigenvalue weighted by molar-refractivity contribution is 5.79. The third kappa shape index (κ3) is 4.91. The lowest BCUT2D eigenvalue weighted by Gasteiger charge is -2.14. The summed E-state index contributed by atoms with van der Waals surface area (Å²) < 4.78 is 39.8. The van der Waals surface area contributed by atoms with Gasteiger partial charge in [0, 0.05) is 6.54 Å². The number of halogens is 3. The maximum Gasteiger partial charge on any atom is 0.573 e. The fraction of sp³-hybridized carbons (Fsp3) is 0.533. The Morgan fingerprint density at radius 3 is 2.50 bits per heavy atom. The number of aliphatic hydroxyl groups is 1. The number of rotatable bonds is 5. The zero-order valence-electron chi connectivity index (χ0n) is 11.9. The second kappa shape index (κ2) is 7.00. The molecule has 1 saturated carbocycles.